The molecule has 1 N–H and O–H groups in total. The molecule has 0 radical (unpaired) electrons. The molecule has 1 saturated heterocycles. The van der Waals surface area contributed by atoms with Crippen LogP contribution in [0, 0.1) is 0 Å². The van der Waals surface area contributed by atoms with Crippen LogP contribution in [0.5, 0.6) is 0 Å². The van der Waals surface area contributed by atoms with Crippen LogP contribution in [0.3, 0.4) is 0 Å². The molecule has 1 atom stereocenters. The van der Waals surface area contributed by atoms with Gasteiger partial charge in [-0.15, -0.1) is 11.8 Å². The summed E-state index contributed by atoms with van der Waals surface area (Å²) in [4.78, 5) is 49.9. The minimum atomic E-state index is -0.881. The Kier molecular flexibility index (Phi) is 9.02. The molecule has 8 heteroatoms. The lowest BCUT2D eigenvalue weighted by molar-refractivity contribution is -0.151. The first-order valence-electron chi connectivity index (χ1n) is 10.1. The van der Waals surface area contributed by atoms with Crippen LogP contribution < -0.4 is 5.32 Å². The zero-order chi connectivity index (χ0) is 20.5. The highest BCUT2D eigenvalue weighted by Gasteiger charge is 2.33. The number of esters is 1. The molecule has 0 aromatic carbocycles. The van der Waals surface area contributed by atoms with E-state index in [0.717, 1.165) is 45.2 Å². The van der Waals surface area contributed by atoms with E-state index in [1.807, 2.05) is 4.90 Å². The molecule has 156 valence electrons. The molecule has 0 aromatic rings. The Balaban J connectivity index is 1.88. The van der Waals surface area contributed by atoms with Gasteiger partial charge in [-0.2, -0.15) is 0 Å². The second-order valence-corrected chi connectivity index (χ2v) is 8.30. The number of thioether (sulfide) groups is 1. The monoisotopic (exact) mass is 410 g/mol. The van der Waals surface area contributed by atoms with Crippen molar-refractivity contribution in [3.8, 4) is 0 Å². The molecule has 2 rings (SSSR count). The van der Waals surface area contributed by atoms with Gasteiger partial charge in [-0.1, -0.05) is 6.42 Å². The molecular weight excluding hydrogens is 380 g/mol. The van der Waals surface area contributed by atoms with Crippen LogP contribution in [0.2, 0.25) is 0 Å². The number of hydrogen-bond acceptors (Lipinski definition) is 6. The Morgan fingerprint density at radius 1 is 1.14 bits per heavy atom. The maximum atomic E-state index is 12.3. The quantitative estimate of drug-likeness (QED) is 0.356. The van der Waals surface area contributed by atoms with Gasteiger partial charge in [-0.3, -0.25) is 14.4 Å². The van der Waals surface area contributed by atoms with Crippen molar-refractivity contribution in [2.75, 3.05) is 25.4 Å². The zero-order valence-corrected chi connectivity index (χ0v) is 17.6. The second-order valence-electron chi connectivity index (χ2n) is 7.11. The maximum absolute atomic E-state index is 12.3. The lowest BCUT2D eigenvalue weighted by Gasteiger charge is -2.26. The molecule has 1 fully saturated rings. The van der Waals surface area contributed by atoms with Crippen LogP contribution in [0.1, 0.15) is 58.8 Å². The van der Waals surface area contributed by atoms with Crippen molar-refractivity contribution in [3.63, 3.8) is 0 Å². The number of piperidine rings is 1. The Hall–Kier alpha value is -1.83. The predicted octanol–water partition coefficient (Wildman–Crippen LogP) is 2.20. The first kappa shape index (κ1) is 22.5. The van der Waals surface area contributed by atoms with Crippen molar-refractivity contribution in [1.82, 2.24) is 10.2 Å². The lowest BCUT2D eigenvalue weighted by atomic mass is 10.0. The van der Waals surface area contributed by atoms with Crippen LogP contribution in [-0.2, 0) is 23.9 Å². The number of hydrogen-bond donors (Lipinski definition) is 1. The Labute approximate surface area is 170 Å². The summed E-state index contributed by atoms with van der Waals surface area (Å²) in [5, 5.41) is 2.68. The summed E-state index contributed by atoms with van der Waals surface area (Å²) in [7, 11) is 0. The Morgan fingerprint density at radius 2 is 1.86 bits per heavy atom. The van der Waals surface area contributed by atoms with E-state index in [1.165, 1.54) is 25.1 Å². The van der Waals surface area contributed by atoms with Crippen molar-refractivity contribution in [2.24, 2.45) is 0 Å². The van der Waals surface area contributed by atoms with E-state index in [1.54, 1.807) is 6.92 Å². The smallest absolute Gasteiger partial charge is 0.379 e. The Morgan fingerprint density at radius 3 is 2.50 bits per heavy atom. The highest BCUT2D eigenvalue weighted by atomic mass is 32.2. The van der Waals surface area contributed by atoms with Crippen LogP contribution in [0.25, 0.3) is 0 Å². The normalized spacial score (nSPS) is 19.5. The third-order valence-electron chi connectivity index (χ3n) is 4.94. The number of ketones is 1. The molecule has 2 amide bonds. The second kappa shape index (κ2) is 11.2. The van der Waals surface area contributed by atoms with Gasteiger partial charge < -0.3 is 15.0 Å². The van der Waals surface area contributed by atoms with Gasteiger partial charge in [0, 0.05) is 48.7 Å². The molecule has 0 bridgehead atoms. The average molecular weight is 411 g/mol. The zero-order valence-electron chi connectivity index (χ0n) is 16.8. The van der Waals surface area contributed by atoms with Crippen LogP contribution in [0.4, 0.5) is 0 Å². The van der Waals surface area contributed by atoms with E-state index >= 15 is 0 Å². The molecule has 2 heterocycles. The number of ether oxygens (including phenoxy) is 1. The maximum Gasteiger partial charge on any atom is 0.379 e. The molecule has 7 nitrogen and oxygen atoms in total. The van der Waals surface area contributed by atoms with Gasteiger partial charge in [-0.25, -0.2) is 4.79 Å². The summed E-state index contributed by atoms with van der Waals surface area (Å²) < 4.78 is 4.80. The molecule has 1 unspecified atom stereocenters. The van der Waals surface area contributed by atoms with Gasteiger partial charge in [0.2, 0.25) is 11.8 Å². The summed E-state index contributed by atoms with van der Waals surface area (Å²) in [6.07, 6.45) is 6.26. The SMILES string of the molecule is CCOC(=O)C(=O)C1=C(NC(C)=O)C(CCCCC(=O)N2CCCCC2)SC1. The fraction of sp³-hybridized carbons (Fsp3) is 0.700. The number of unbranched alkanes of at least 4 members (excludes halogenated alkanes) is 1. The van der Waals surface area contributed by atoms with E-state index in [4.69, 9.17) is 4.74 Å². The van der Waals surface area contributed by atoms with Crippen molar-refractivity contribution in [1.29, 1.82) is 0 Å². The number of carbonyl (C=O) groups is 4. The average Bonchev–Trinajstić information content (AvgIpc) is 3.07. The minimum absolute atomic E-state index is 0.0534. The van der Waals surface area contributed by atoms with Crippen molar-refractivity contribution in [3.05, 3.63) is 11.3 Å². The first-order valence-corrected chi connectivity index (χ1v) is 11.1. The van der Waals surface area contributed by atoms with E-state index in [2.05, 4.69) is 5.32 Å². The van der Waals surface area contributed by atoms with E-state index in [0.29, 0.717) is 23.4 Å². The molecule has 0 spiro atoms. The van der Waals surface area contributed by atoms with Crippen molar-refractivity contribution < 1.29 is 23.9 Å². The van der Waals surface area contributed by atoms with Crippen molar-refractivity contribution >= 4 is 35.3 Å². The largest absolute Gasteiger partial charge is 0.460 e. The van der Waals surface area contributed by atoms with Gasteiger partial charge in [0.1, 0.15) is 0 Å². The van der Waals surface area contributed by atoms with Gasteiger partial charge >= 0.3 is 5.97 Å². The summed E-state index contributed by atoms with van der Waals surface area (Å²) in [5.41, 5.74) is 0.853. The number of Topliss-reactive ketones (excluding diaryl/α,β-unsaturated/α-hetero) is 1. The van der Waals surface area contributed by atoms with Gasteiger partial charge in [0.15, 0.2) is 0 Å². The number of nitrogens with zero attached hydrogens (tertiary/aromatic N) is 1. The minimum Gasteiger partial charge on any atom is -0.460 e. The molecule has 0 aromatic heterocycles. The van der Waals surface area contributed by atoms with Crippen LogP contribution in [0.15, 0.2) is 11.3 Å². The van der Waals surface area contributed by atoms with Gasteiger partial charge in [-0.05, 0) is 39.0 Å². The van der Waals surface area contributed by atoms with E-state index < -0.39 is 11.8 Å². The van der Waals surface area contributed by atoms with E-state index in [9.17, 15) is 19.2 Å². The van der Waals surface area contributed by atoms with Crippen LogP contribution in [-0.4, -0.2) is 59.2 Å². The van der Waals surface area contributed by atoms with Crippen molar-refractivity contribution in [2.45, 2.75) is 64.0 Å². The third-order valence-corrected chi connectivity index (χ3v) is 6.27. The van der Waals surface area contributed by atoms with Gasteiger partial charge in [0.25, 0.3) is 5.78 Å². The number of likely N-dealkylation sites (tertiary alicyclic amines) is 1. The lowest BCUT2D eigenvalue weighted by Crippen LogP contribution is -2.35. The molecule has 28 heavy (non-hydrogen) atoms. The highest BCUT2D eigenvalue weighted by molar-refractivity contribution is 8.00. The molecule has 2 aliphatic rings. The summed E-state index contributed by atoms with van der Waals surface area (Å²) in [6, 6.07) is 0. The fourth-order valence-corrected chi connectivity index (χ4v) is 4.88. The fourth-order valence-electron chi connectivity index (χ4n) is 3.53. The predicted molar refractivity (Wildman–Crippen MR) is 108 cm³/mol. The molecular formula is C20H30N2O5S. The van der Waals surface area contributed by atoms with E-state index in [-0.39, 0.29) is 23.7 Å². The number of carbonyl (C=O) groups excluding carboxylic acids is 4. The molecule has 2 aliphatic heterocycles. The topological polar surface area (TPSA) is 92.8 Å². The Bertz CT molecular complexity index is 641. The number of nitrogens with one attached hydrogen (secondary N) is 1. The molecule has 0 saturated carbocycles. The standard InChI is InChI=1S/C20H30N2O5S/c1-3-27-20(26)19(25)15-13-28-16(18(15)21-14(2)23)9-5-6-10-17(24)22-11-7-4-8-12-22/h16H,3-13H2,1-2H3,(H,21,23). The summed E-state index contributed by atoms with van der Waals surface area (Å²) in [6.45, 7) is 4.90. The number of rotatable bonds is 9. The molecule has 0 aliphatic carbocycles. The summed E-state index contributed by atoms with van der Waals surface area (Å²) in [5.74, 6) is -1.23. The number of amides is 2. The highest BCUT2D eigenvalue weighted by Crippen LogP contribution is 2.35. The van der Waals surface area contributed by atoms with Crippen LogP contribution >= 0.6 is 11.8 Å². The van der Waals surface area contributed by atoms with Gasteiger partial charge in [0.05, 0.1) is 6.61 Å². The summed E-state index contributed by atoms with van der Waals surface area (Å²) >= 11 is 1.54. The third kappa shape index (κ3) is 6.36. The first-order chi connectivity index (χ1) is 13.4.